The highest BCUT2D eigenvalue weighted by molar-refractivity contribution is 7.74. The second kappa shape index (κ2) is 7.03. The maximum absolute atomic E-state index is 3.95. The molecule has 0 N–H and O–H groups in total. The SMILES string of the molecule is C=CCP(CC=P(C)(C)C)C1CCCCC1. The Morgan fingerprint density at radius 3 is 2.25 bits per heavy atom. The zero-order valence-corrected chi connectivity index (χ0v) is 13.1. The van der Waals surface area contributed by atoms with Crippen LogP contribution in [0.1, 0.15) is 32.1 Å². The molecule has 2 heteroatoms. The van der Waals surface area contributed by atoms with E-state index in [1.54, 1.807) is 0 Å². The van der Waals surface area contributed by atoms with Gasteiger partial charge in [0, 0.05) is 0 Å². The van der Waals surface area contributed by atoms with Crippen molar-refractivity contribution >= 4 is 20.6 Å². The third-order valence-corrected chi connectivity index (χ3v) is 7.81. The van der Waals surface area contributed by atoms with E-state index in [1.807, 2.05) is 0 Å². The molecule has 16 heavy (non-hydrogen) atoms. The summed E-state index contributed by atoms with van der Waals surface area (Å²) in [6.07, 6.45) is 12.3. The first-order chi connectivity index (χ1) is 7.53. The fourth-order valence-corrected chi connectivity index (χ4v) is 7.31. The molecule has 1 saturated carbocycles. The Hall–Kier alpha value is 0.470. The highest BCUT2D eigenvalue weighted by Crippen LogP contribution is 2.48. The summed E-state index contributed by atoms with van der Waals surface area (Å²) in [4.78, 5) is 0. The van der Waals surface area contributed by atoms with Gasteiger partial charge in [-0.1, -0.05) is 39.1 Å². The summed E-state index contributed by atoms with van der Waals surface area (Å²) in [6, 6.07) is 0. The van der Waals surface area contributed by atoms with Gasteiger partial charge in [-0.05, 0) is 50.8 Å². The smallest absolute Gasteiger partial charge is 0.0135 e. The van der Waals surface area contributed by atoms with Crippen LogP contribution in [-0.4, -0.2) is 43.8 Å². The molecular formula is C14H28P2. The zero-order chi connectivity index (χ0) is 12.0. The Bertz CT molecular complexity index is 248. The van der Waals surface area contributed by atoms with Crippen LogP contribution in [-0.2, 0) is 0 Å². The fourth-order valence-electron chi connectivity index (χ4n) is 2.33. The molecular weight excluding hydrogens is 230 g/mol. The monoisotopic (exact) mass is 258 g/mol. The first kappa shape index (κ1) is 14.5. The molecule has 1 fully saturated rings. The topological polar surface area (TPSA) is 0 Å². The molecule has 1 aliphatic rings. The molecule has 0 heterocycles. The van der Waals surface area contributed by atoms with E-state index in [-0.39, 0.29) is 7.92 Å². The van der Waals surface area contributed by atoms with Crippen LogP contribution < -0.4 is 0 Å². The molecule has 1 aliphatic carbocycles. The number of allylic oxidation sites excluding steroid dienone is 1. The van der Waals surface area contributed by atoms with Gasteiger partial charge in [-0.25, -0.2) is 0 Å². The van der Waals surface area contributed by atoms with Crippen LogP contribution in [0.4, 0.5) is 0 Å². The van der Waals surface area contributed by atoms with Crippen LogP contribution in [0, 0.1) is 0 Å². The molecule has 1 unspecified atom stereocenters. The predicted octanol–water partition coefficient (Wildman–Crippen LogP) is 4.70. The molecule has 0 spiro atoms. The van der Waals surface area contributed by atoms with E-state index in [9.17, 15) is 0 Å². The molecule has 94 valence electrons. The Kier molecular flexibility index (Phi) is 6.38. The van der Waals surface area contributed by atoms with E-state index in [1.165, 1.54) is 44.4 Å². The third kappa shape index (κ3) is 5.70. The summed E-state index contributed by atoms with van der Waals surface area (Å²) in [7, 11) is 0.211. The van der Waals surface area contributed by atoms with Crippen LogP contribution >= 0.6 is 14.8 Å². The van der Waals surface area contributed by atoms with Gasteiger partial charge in [0.15, 0.2) is 0 Å². The van der Waals surface area contributed by atoms with Crippen molar-refractivity contribution in [3.8, 4) is 0 Å². The van der Waals surface area contributed by atoms with E-state index in [4.69, 9.17) is 0 Å². The largest absolute Gasteiger partial charge is 0.117 e. The zero-order valence-electron chi connectivity index (χ0n) is 11.3. The molecule has 0 radical (unpaired) electrons. The quantitative estimate of drug-likeness (QED) is 0.495. The molecule has 0 aromatic heterocycles. The van der Waals surface area contributed by atoms with Crippen molar-refractivity contribution in [2.24, 2.45) is 0 Å². The highest BCUT2D eigenvalue weighted by atomic mass is 31.2. The maximum Gasteiger partial charge on any atom is -0.0135 e. The lowest BCUT2D eigenvalue weighted by Gasteiger charge is -2.30. The van der Waals surface area contributed by atoms with Gasteiger partial charge in [0.1, 0.15) is 0 Å². The Balaban J connectivity index is 2.55. The van der Waals surface area contributed by atoms with Gasteiger partial charge in [0.05, 0.1) is 0 Å². The molecule has 0 aromatic carbocycles. The van der Waals surface area contributed by atoms with Gasteiger partial charge >= 0.3 is 0 Å². The standard InChI is InChI=1S/C14H28P2/c1-5-11-15(12-13-16(2,3)4)14-9-7-6-8-10-14/h5,13-14H,1,6-12H2,2-4H3. The van der Waals surface area contributed by atoms with Crippen LogP contribution in [0.5, 0.6) is 0 Å². The summed E-state index contributed by atoms with van der Waals surface area (Å²) in [5.74, 6) is 2.65. The van der Waals surface area contributed by atoms with E-state index < -0.39 is 6.89 Å². The lowest BCUT2D eigenvalue weighted by Crippen LogP contribution is -2.14. The predicted molar refractivity (Wildman–Crippen MR) is 84.5 cm³/mol. The van der Waals surface area contributed by atoms with Crippen molar-refractivity contribution in [1.29, 1.82) is 0 Å². The summed E-state index contributed by atoms with van der Waals surface area (Å²) in [5, 5.41) is 0. The first-order valence-electron chi connectivity index (χ1n) is 6.53. The first-order valence-corrected chi connectivity index (χ1v) is 11.5. The van der Waals surface area contributed by atoms with Crippen LogP contribution in [0.2, 0.25) is 0 Å². The van der Waals surface area contributed by atoms with Gasteiger partial charge in [-0.2, -0.15) is 0 Å². The highest BCUT2D eigenvalue weighted by Gasteiger charge is 2.21. The molecule has 0 amide bonds. The summed E-state index contributed by atoms with van der Waals surface area (Å²) in [5.41, 5.74) is 1.05. The van der Waals surface area contributed by atoms with Crippen molar-refractivity contribution in [1.82, 2.24) is 0 Å². The van der Waals surface area contributed by atoms with Crippen LogP contribution in [0.25, 0.3) is 0 Å². The van der Waals surface area contributed by atoms with E-state index in [0.29, 0.717) is 0 Å². The second-order valence-electron chi connectivity index (χ2n) is 5.83. The molecule has 0 bridgehead atoms. The lowest BCUT2D eigenvalue weighted by atomic mass is 10.0. The second-order valence-corrected chi connectivity index (χ2v) is 13.1. The molecule has 0 aromatic rings. The minimum atomic E-state index is -0.687. The van der Waals surface area contributed by atoms with Crippen molar-refractivity contribution in [3.05, 3.63) is 12.7 Å². The lowest BCUT2D eigenvalue weighted by molar-refractivity contribution is 0.511. The Labute approximate surface area is 104 Å². The van der Waals surface area contributed by atoms with Gasteiger partial charge in [-0.3, -0.25) is 0 Å². The van der Waals surface area contributed by atoms with Crippen LogP contribution in [0.3, 0.4) is 0 Å². The number of hydrogen-bond donors (Lipinski definition) is 0. The average molecular weight is 258 g/mol. The Morgan fingerprint density at radius 2 is 1.75 bits per heavy atom. The van der Waals surface area contributed by atoms with E-state index in [0.717, 1.165) is 5.66 Å². The molecule has 0 nitrogen and oxygen atoms in total. The summed E-state index contributed by atoms with van der Waals surface area (Å²) >= 11 is 0. The van der Waals surface area contributed by atoms with Crippen molar-refractivity contribution < 1.29 is 0 Å². The van der Waals surface area contributed by atoms with Gasteiger partial charge < -0.3 is 0 Å². The van der Waals surface area contributed by atoms with Gasteiger partial charge in [-0.15, -0.1) is 13.5 Å². The minimum absolute atomic E-state index is 0.211. The molecule has 1 rings (SSSR count). The van der Waals surface area contributed by atoms with E-state index >= 15 is 0 Å². The summed E-state index contributed by atoms with van der Waals surface area (Å²) in [6.45, 7) is 10.5. The van der Waals surface area contributed by atoms with Crippen LogP contribution in [0.15, 0.2) is 12.7 Å². The molecule has 1 atom stereocenters. The third-order valence-electron chi connectivity index (χ3n) is 3.32. The number of hydrogen-bond acceptors (Lipinski definition) is 0. The Morgan fingerprint density at radius 1 is 1.12 bits per heavy atom. The van der Waals surface area contributed by atoms with Gasteiger partial charge in [0.2, 0.25) is 0 Å². The maximum atomic E-state index is 3.95. The van der Waals surface area contributed by atoms with Crippen molar-refractivity contribution in [2.45, 2.75) is 37.8 Å². The van der Waals surface area contributed by atoms with Gasteiger partial charge in [0.25, 0.3) is 0 Å². The fraction of sp³-hybridized carbons (Fsp3) is 0.786. The average Bonchev–Trinajstić information content (AvgIpc) is 2.24. The minimum Gasteiger partial charge on any atom is -0.117 e. The summed E-state index contributed by atoms with van der Waals surface area (Å²) < 4.78 is 0. The number of rotatable bonds is 5. The molecule has 0 saturated heterocycles. The molecule has 0 aliphatic heterocycles. The normalized spacial score (nSPS) is 20.4. The van der Waals surface area contributed by atoms with Crippen molar-refractivity contribution in [2.75, 3.05) is 32.3 Å². The van der Waals surface area contributed by atoms with E-state index in [2.05, 4.69) is 38.4 Å². The van der Waals surface area contributed by atoms with Crippen molar-refractivity contribution in [3.63, 3.8) is 0 Å².